The maximum Gasteiger partial charge on any atom is 0.322 e. The van der Waals surface area contributed by atoms with Crippen LogP contribution in [-0.2, 0) is 0 Å². The number of hydrogen-bond donors (Lipinski definition) is 2. The molecule has 1 aromatic rings. The van der Waals surface area contributed by atoms with Crippen LogP contribution in [0.15, 0.2) is 30.3 Å². The topological polar surface area (TPSA) is 44.4 Å². The number of carbonyl (C=O) groups is 1. The van der Waals surface area contributed by atoms with Crippen molar-refractivity contribution in [3.8, 4) is 0 Å². The minimum Gasteiger partial charge on any atom is -0.320 e. The van der Waals surface area contributed by atoms with Crippen molar-refractivity contribution < 1.29 is 4.79 Å². The Kier molecular flexibility index (Phi) is 3.69. The van der Waals surface area contributed by atoms with Gasteiger partial charge in [-0.05, 0) is 44.4 Å². The molecule has 3 rings (SSSR count). The van der Waals surface area contributed by atoms with Crippen molar-refractivity contribution in [2.24, 2.45) is 0 Å². The highest BCUT2D eigenvalue weighted by Crippen LogP contribution is 2.25. The minimum absolute atomic E-state index is 0.0439. The van der Waals surface area contributed by atoms with E-state index in [2.05, 4.69) is 10.6 Å². The number of anilines is 1. The molecule has 4 heteroatoms. The van der Waals surface area contributed by atoms with Crippen LogP contribution in [-0.4, -0.2) is 36.1 Å². The highest BCUT2D eigenvalue weighted by molar-refractivity contribution is 5.89. The van der Waals surface area contributed by atoms with Gasteiger partial charge in [-0.3, -0.25) is 0 Å². The van der Waals surface area contributed by atoms with Crippen molar-refractivity contribution >= 4 is 11.7 Å². The van der Waals surface area contributed by atoms with Gasteiger partial charge in [-0.15, -0.1) is 0 Å². The van der Waals surface area contributed by atoms with Crippen molar-refractivity contribution in [1.29, 1.82) is 0 Å². The van der Waals surface area contributed by atoms with E-state index >= 15 is 0 Å². The highest BCUT2D eigenvalue weighted by Gasteiger charge is 2.35. The standard InChI is InChI=1S/C15H21N3O/c19-15(17-12-6-2-1-3-7-12)18-11-5-9-14(18)13-8-4-10-16-13/h1-3,6-7,13-14,16H,4-5,8-11H2,(H,17,19). The Morgan fingerprint density at radius 3 is 2.79 bits per heavy atom. The van der Waals surface area contributed by atoms with Gasteiger partial charge in [-0.1, -0.05) is 18.2 Å². The minimum atomic E-state index is 0.0439. The fourth-order valence-corrected chi connectivity index (χ4v) is 3.22. The Morgan fingerprint density at radius 2 is 2.05 bits per heavy atom. The normalized spacial score (nSPS) is 26.6. The summed E-state index contributed by atoms with van der Waals surface area (Å²) in [5.41, 5.74) is 0.873. The zero-order valence-electron chi connectivity index (χ0n) is 11.1. The summed E-state index contributed by atoms with van der Waals surface area (Å²) in [7, 11) is 0. The highest BCUT2D eigenvalue weighted by atomic mass is 16.2. The average molecular weight is 259 g/mol. The van der Waals surface area contributed by atoms with Crippen molar-refractivity contribution in [1.82, 2.24) is 10.2 Å². The van der Waals surface area contributed by atoms with E-state index in [-0.39, 0.29) is 6.03 Å². The van der Waals surface area contributed by atoms with E-state index in [4.69, 9.17) is 0 Å². The molecule has 2 aliphatic heterocycles. The summed E-state index contributed by atoms with van der Waals surface area (Å²) in [4.78, 5) is 14.4. The van der Waals surface area contributed by atoms with Gasteiger partial charge < -0.3 is 15.5 Å². The molecule has 2 atom stereocenters. The number of carbonyl (C=O) groups excluding carboxylic acids is 1. The molecule has 2 N–H and O–H groups in total. The molecule has 0 bridgehead atoms. The zero-order valence-corrected chi connectivity index (χ0v) is 11.1. The SMILES string of the molecule is O=C(Nc1ccccc1)N1CCCC1C1CCCN1. The predicted octanol–water partition coefficient (Wildman–Crippen LogP) is 2.43. The molecule has 0 aromatic heterocycles. The molecule has 2 aliphatic rings. The largest absolute Gasteiger partial charge is 0.322 e. The van der Waals surface area contributed by atoms with E-state index < -0.39 is 0 Å². The first-order chi connectivity index (χ1) is 9.34. The molecule has 2 saturated heterocycles. The molecule has 2 unspecified atom stereocenters. The predicted molar refractivity (Wildman–Crippen MR) is 76.2 cm³/mol. The molecule has 0 spiro atoms. The number of likely N-dealkylation sites (tertiary alicyclic amines) is 1. The van der Waals surface area contributed by atoms with Crippen LogP contribution in [0, 0.1) is 0 Å². The van der Waals surface area contributed by atoms with E-state index in [9.17, 15) is 4.79 Å². The smallest absolute Gasteiger partial charge is 0.320 e. The van der Waals surface area contributed by atoms with Gasteiger partial charge in [0.2, 0.25) is 0 Å². The van der Waals surface area contributed by atoms with Gasteiger partial charge in [-0.25, -0.2) is 4.79 Å². The molecule has 102 valence electrons. The summed E-state index contributed by atoms with van der Waals surface area (Å²) in [6, 6.07) is 10.6. The van der Waals surface area contributed by atoms with Crippen molar-refractivity contribution in [2.45, 2.75) is 37.8 Å². The number of rotatable bonds is 2. The lowest BCUT2D eigenvalue weighted by Crippen LogP contribution is -2.48. The molecule has 4 nitrogen and oxygen atoms in total. The van der Waals surface area contributed by atoms with Crippen LogP contribution in [0.25, 0.3) is 0 Å². The molecule has 2 amide bonds. The van der Waals surface area contributed by atoms with Crippen molar-refractivity contribution in [3.05, 3.63) is 30.3 Å². The number of nitrogens with one attached hydrogen (secondary N) is 2. The number of urea groups is 1. The van der Waals surface area contributed by atoms with Gasteiger partial charge in [0.1, 0.15) is 0 Å². The van der Waals surface area contributed by atoms with Crippen LogP contribution < -0.4 is 10.6 Å². The van der Waals surface area contributed by atoms with Crippen LogP contribution >= 0.6 is 0 Å². The second-order valence-electron chi connectivity index (χ2n) is 5.40. The van der Waals surface area contributed by atoms with E-state index in [1.165, 1.54) is 12.8 Å². The number of para-hydroxylation sites is 1. The van der Waals surface area contributed by atoms with Crippen LogP contribution in [0.3, 0.4) is 0 Å². The zero-order chi connectivity index (χ0) is 13.1. The molecule has 0 aliphatic carbocycles. The van der Waals surface area contributed by atoms with Gasteiger partial charge in [0.15, 0.2) is 0 Å². The third-order valence-electron chi connectivity index (χ3n) is 4.15. The van der Waals surface area contributed by atoms with Crippen LogP contribution in [0.5, 0.6) is 0 Å². The van der Waals surface area contributed by atoms with Gasteiger partial charge >= 0.3 is 6.03 Å². The molecule has 2 fully saturated rings. The molecular weight excluding hydrogens is 238 g/mol. The summed E-state index contributed by atoms with van der Waals surface area (Å²) in [6.45, 7) is 1.97. The fourth-order valence-electron chi connectivity index (χ4n) is 3.22. The summed E-state index contributed by atoms with van der Waals surface area (Å²) in [5.74, 6) is 0. The Balaban J connectivity index is 1.65. The lowest BCUT2D eigenvalue weighted by Gasteiger charge is -2.29. The molecule has 2 heterocycles. The van der Waals surface area contributed by atoms with Crippen LogP contribution in [0.4, 0.5) is 10.5 Å². The second-order valence-corrected chi connectivity index (χ2v) is 5.40. The molecule has 0 radical (unpaired) electrons. The number of benzene rings is 1. The van der Waals surface area contributed by atoms with Gasteiger partial charge in [0.25, 0.3) is 0 Å². The third-order valence-corrected chi connectivity index (χ3v) is 4.15. The maximum absolute atomic E-state index is 12.4. The maximum atomic E-state index is 12.4. The van der Waals surface area contributed by atoms with Crippen molar-refractivity contribution in [2.75, 3.05) is 18.4 Å². The third kappa shape index (κ3) is 2.73. The first kappa shape index (κ1) is 12.5. The van der Waals surface area contributed by atoms with E-state index in [1.54, 1.807) is 0 Å². The van der Waals surface area contributed by atoms with Gasteiger partial charge in [0, 0.05) is 24.3 Å². The quantitative estimate of drug-likeness (QED) is 0.856. The van der Waals surface area contributed by atoms with Gasteiger partial charge in [-0.2, -0.15) is 0 Å². The van der Waals surface area contributed by atoms with E-state index in [1.807, 2.05) is 35.2 Å². The summed E-state index contributed by atoms with van der Waals surface area (Å²) in [6.07, 6.45) is 4.67. The monoisotopic (exact) mass is 259 g/mol. The van der Waals surface area contributed by atoms with E-state index in [0.717, 1.165) is 31.6 Å². The van der Waals surface area contributed by atoms with Crippen molar-refractivity contribution in [3.63, 3.8) is 0 Å². The average Bonchev–Trinajstić information content (AvgIpc) is 3.10. The first-order valence-corrected chi connectivity index (χ1v) is 7.20. The molecule has 1 aromatic carbocycles. The number of hydrogen-bond acceptors (Lipinski definition) is 2. The van der Waals surface area contributed by atoms with Crippen LogP contribution in [0.1, 0.15) is 25.7 Å². The Bertz CT molecular complexity index is 428. The summed E-state index contributed by atoms with van der Waals surface area (Å²) < 4.78 is 0. The summed E-state index contributed by atoms with van der Waals surface area (Å²) in [5, 5.41) is 6.52. The molecular formula is C15H21N3O. The lowest BCUT2D eigenvalue weighted by atomic mass is 10.0. The molecule has 19 heavy (non-hydrogen) atoms. The Hall–Kier alpha value is -1.55. The lowest BCUT2D eigenvalue weighted by molar-refractivity contribution is 0.195. The second kappa shape index (κ2) is 5.61. The Labute approximate surface area is 114 Å². The number of nitrogens with zero attached hydrogens (tertiary/aromatic N) is 1. The van der Waals surface area contributed by atoms with Gasteiger partial charge in [0.05, 0.1) is 0 Å². The summed E-state index contributed by atoms with van der Waals surface area (Å²) >= 11 is 0. The fraction of sp³-hybridized carbons (Fsp3) is 0.533. The van der Waals surface area contributed by atoms with Crippen LogP contribution in [0.2, 0.25) is 0 Å². The number of amides is 2. The first-order valence-electron chi connectivity index (χ1n) is 7.20. The molecule has 0 saturated carbocycles. The van der Waals surface area contributed by atoms with E-state index in [0.29, 0.717) is 12.1 Å². The Morgan fingerprint density at radius 1 is 1.21 bits per heavy atom.